The van der Waals surface area contributed by atoms with Gasteiger partial charge >= 0.3 is 0 Å². The molecule has 0 amide bonds. The van der Waals surface area contributed by atoms with Crippen LogP contribution < -0.4 is 4.74 Å². The SMILES string of the molecule is CCN(CC)C(C)(CC)C(O)c1cncc(OC)c1. The van der Waals surface area contributed by atoms with Crippen LogP contribution in [0.4, 0.5) is 0 Å². The Morgan fingerprint density at radius 3 is 2.42 bits per heavy atom. The molecule has 19 heavy (non-hydrogen) atoms. The first-order valence-corrected chi connectivity index (χ1v) is 6.95. The zero-order chi connectivity index (χ0) is 14.5. The Hall–Kier alpha value is -1.13. The number of ether oxygens (including phenoxy) is 1. The van der Waals surface area contributed by atoms with Crippen LogP contribution in [-0.2, 0) is 0 Å². The van der Waals surface area contributed by atoms with Crippen molar-refractivity contribution in [2.45, 2.75) is 45.8 Å². The molecule has 1 aromatic heterocycles. The van der Waals surface area contributed by atoms with E-state index in [1.165, 1.54) is 0 Å². The molecule has 0 aliphatic rings. The van der Waals surface area contributed by atoms with Crippen molar-refractivity contribution < 1.29 is 9.84 Å². The summed E-state index contributed by atoms with van der Waals surface area (Å²) in [6, 6.07) is 1.86. The van der Waals surface area contributed by atoms with Crippen LogP contribution in [0.5, 0.6) is 5.75 Å². The average molecular weight is 266 g/mol. The molecule has 2 unspecified atom stereocenters. The van der Waals surface area contributed by atoms with E-state index in [0.717, 1.165) is 25.1 Å². The Balaban J connectivity index is 3.09. The van der Waals surface area contributed by atoms with E-state index in [4.69, 9.17) is 4.74 Å². The molecule has 108 valence electrons. The van der Waals surface area contributed by atoms with Crippen molar-refractivity contribution in [2.75, 3.05) is 20.2 Å². The van der Waals surface area contributed by atoms with Crippen LogP contribution in [0.1, 0.15) is 45.8 Å². The highest BCUT2D eigenvalue weighted by Crippen LogP contribution is 2.34. The standard InChI is InChI=1S/C15H26N2O2/c1-6-15(4,17(7-2)8-3)14(18)12-9-13(19-5)11-16-10-12/h9-11,14,18H,6-8H2,1-5H3. The monoisotopic (exact) mass is 266 g/mol. The van der Waals surface area contributed by atoms with Gasteiger partial charge in [0.15, 0.2) is 0 Å². The van der Waals surface area contributed by atoms with Crippen molar-refractivity contribution in [2.24, 2.45) is 0 Å². The maximum atomic E-state index is 10.8. The zero-order valence-electron chi connectivity index (χ0n) is 12.7. The Bertz CT molecular complexity index is 393. The van der Waals surface area contributed by atoms with Gasteiger partial charge in [0.05, 0.1) is 19.4 Å². The first-order valence-electron chi connectivity index (χ1n) is 6.95. The number of pyridine rings is 1. The second-order valence-corrected chi connectivity index (χ2v) is 4.94. The second kappa shape index (κ2) is 6.87. The van der Waals surface area contributed by atoms with Gasteiger partial charge in [0, 0.05) is 17.3 Å². The number of rotatable bonds is 7. The van der Waals surface area contributed by atoms with Gasteiger partial charge in [-0.25, -0.2) is 0 Å². The number of hydrogen-bond acceptors (Lipinski definition) is 4. The molecule has 0 saturated carbocycles. The molecule has 0 saturated heterocycles. The molecular weight excluding hydrogens is 240 g/mol. The summed E-state index contributed by atoms with van der Waals surface area (Å²) in [7, 11) is 1.61. The van der Waals surface area contributed by atoms with Gasteiger partial charge in [0.25, 0.3) is 0 Å². The van der Waals surface area contributed by atoms with Crippen molar-refractivity contribution in [1.82, 2.24) is 9.88 Å². The highest BCUT2D eigenvalue weighted by molar-refractivity contribution is 5.27. The van der Waals surface area contributed by atoms with Gasteiger partial charge in [-0.05, 0) is 32.5 Å². The maximum Gasteiger partial charge on any atom is 0.137 e. The number of hydrogen-bond donors (Lipinski definition) is 1. The molecule has 0 spiro atoms. The smallest absolute Gasteiger partial charge is 0.137 e. The molecular formula is C15H26N2O2. The van der Waals surface area contributed by atoms with E-state index >= 15 is 0 Å². The predicted octanol–water partition coefficient (Wildman–Crippen LogP) is 2.63. The van der Waals surface area contributed by atoms with Crippen LogP contribution in [0.3, 0.4) is 0 Å². The lowest BCUT2D eigenvalue weighted by molar-refractivity contribution is -0.0216. The van der Waals surface area contributed by atoms with Gasteiger partial charge < -0.3 is 9.84 Å². The van der Waals surface area contributed by atoms with Gasteiger partial charge in [-0.1, -0.05) is 20.8 Å². The molecule has 0 aliphatic carbocycles. The fourth-order valence-corrected chi connectivity index (χ4v) is 2.59. The fourth-order valence-electron chi connectivity index (χ4n) is 2.59. The number of methoxy groups -OCH3 is 1. The number of likely N-dealkylation sites (N-methyl/N-ethyl adjacent to an activating group) is 1. The molecule has 0 aromatic carbocycles. The van der Waals surface area contributed by atoms with Gasteiger partial charge in [0.1, 0.15) is 5.75 Å². The largest absolute Gasteiger partial charge is 0.495 e. The Kier molecular flexibility index (Phi) is 5.76. The van der Waals surface area contributed by atoms with E-state index in [-0.39, 0.29) is 5.54 Å². The summed E-state index contributed by atoms with van der Waals surface area (Å²) in [6.45, 7) is 10.3. The Morgan fingerprint density at radius 1 is 1.32 bits per heavy atom. The summed E-state index contributed by atoms with van der Waals surface area (Å²) in [4.78, 5) is 6.42. The first kappa shape index (κ1) is 15.9. The number of nitrogens with zero attached hydrogens (tertiary/aromatic N) is 2. The number of aliphatic hydroxyl groups excluding tert-OH is 1. The fraction of sp³-hybridized carbons (Fsp3) is 0.667. The van der Waals surface area contributed by atoms with Gasteiger partial charge in [-0.2, -0.15) is 0 Å². The number of aromatic nitrogens is 1. The Morgan fingerprint density at radius 2 is 1.95 bits per heavy atom. The molecule has 4 heteroatoms. The molecule has 0 fully saturated rings. The third-order valence-electron chi connectivity index (χ3n) is 4.08. The minimum Gasteiger partial charge on any atom is -0.495 e. The minimum atomic E-state index is -0.583. The summed E-state index contributed by atoms with van der Waals surface area (Å²) in [5.74, 6) is 0.676. The van der Waals surface area contributed by atoms with Crippen molar-refractivity contribution in [3.8, 4) is 5.75 Å². The molecule has 0 radical (unpaired) electrons. The highest BCUT2D eigenvalue weighted by atomic mass is 16.5. The van der Waals surface area contributed by atoms with Crippen LogP contribution in [-0.4, -0.2) is 40.7 Å². The van der Waals surface area contributed by atoms with E-state index in [9.17, 15) is 5.11 Å². The van der Waals surface area contributed by atoms with E-state index in [0.29, 0.717) is 5.75 Å². The van der Waals surface area contributed by atoms with Crippen LogP contribution in [0.25, 0.3) is 0 Å². The first-order chi connectivity index (χ1) is 9.03. The topological polar surface area (TPSA) is 45.6 Å². The summed E-state index contributed by atoms with van der Waals surface area (Å²) in [6.07, 6.45) is 3.65. The molecule has 1 N–H and O–H groups in total. The minimum absolute atomic E-state index is 0.294. The van der Waals surface area contributed by atoms with Crippen molar-refractivity contribution in [3.05, 3.63) is 24.0 Å². The third kappa shape index (κ3) is 3.25. The number of aliphatic hydroxyl groups is 1. The van der Waals surface area contributed by atoms with E-state index in [1.54, 1.807) is 19.5 Å². The van der Waals surface area contributed by atoms with Crippen molar-refractivity contribution >= 4 is 0 Å². The van der Waals surface area contributed by atoms with Gasteiger partial charge in [0.2, 0.25) is 0 Å². The maximum absolute atomic E-state index is 10.8. The molecule has 1 aromatic rings. The molecule has 0 bridgehead atoms. The zero-order valence-corrected chi connectivity index (χ0v) is 12.7. The van der Waals surface area contributed by atoms with Crippen LogP contribution in [0.15, 0.2) is 18.5 Å². The average Bonchev–Trinajstić information content (AvgIpc) is 2.47. The highest BCUT2D eigenvalue weighted by Gasteiger charge is 2.37. The summed E-state index contributed by atoms with van der Waals surface area (Å²) in [5, 5.41) is 10.8. The van der Waals surface area contributed by atoms with Gasteiger partial charge in [-0.15, -0.1) is 0 Å². The van der Waals surface area contributed by atoms with E-state index < -0.39 is 6.10 Å². The van der Waals surface area contributed by atoms with Crippen LogP contribution >= 0.6 is 0 Å². The lowest BCUT2D eigenvalue weighted by Gasteiger charge is -2.43. The molecule has 0 aliphatic heterocycles. The summed E-state index contributed by atoms with van der Waals surface area (Å²) in [5.41, 5.74) is 0.507. The normalized spacial score (nSPS) is 16.2. The summed E-state index contributed by atoms with van der Waals surface area (Å²) < 4.78 is 5.18. The van der Waals surface area contributed by atoms with Gasteiger partial charge in [-0.3, -0.25) is 9.88 Å². The molecule has 4 nitrogen and oxygen atoms in total. The third-order valence-corrected chi connectivity index (χ3v) is 4.08. The predicted molar refractivity (Wildman–Crippen MR) is 77.4 cm³/mol. The lowest BCUT2D eigenvalue weighted by atomic mass is 9.85. The van der Waals surface area contributed by atoms with Crippen LogP contribution in [0, 0.1) is 0 Å². The molecule has 1 heterocycles. The Labute approximate surface area is 116 Å². The second-order valence-electron chi connectivity index (χ2n) is 4.94. The van der Waals surface area contributed by atoms with E-state index in [1.807, 2.05) is 6.07 Å². The quantitative estimate of drug-likeness (QED) is 0.824. The van der Waals surface area contributed by atoms with Crippen molar-refractivity contribution in [3.63, 3.8) is 0 Å². The molecule has 1 rings (SSSR count). The summed E-state index contributed by atoms with van der Waals surface area (Å²) >= 11 is 0. The van der Waals surface area contributed by atoms with E-state index in [2.05, 4.69) is 37.6 Å². The van der Waals surface area contributed by atoms with Crippen LogP contribution in [0.2, 0.25) is 0 Å². The lowest BCUT2D eigenvalue weighted by Crippen LogP contribution is -2.50. The molecule has 2 atom stereocenters. The van der Waals surface area contributed by atoms with Crippen molar-refractivity contribution in [1.29, 1.82) is 0 Å².